The molecule has 3 aromatic rings. The van der Waals surface area contributed by atoms with E-state index < -0.39 is 0 Å². The van der Waals surface area contributed by atoms with Gasteiger partial charge in [-0.3, -0.25) is 9.59 Å². The molecule has 1 heterocycles. The highest BCUT2D eigenvalue weighted by molar-refractivity contribution is 6.09. The molecule has 3 rings (SSSR count). The normalized spacial score (nSPS) is 12.0. The number of hydrogen-bond donors (Lipinski definition) is 0. The summed E-state index contributed by atoms with van der Waals surface area (Å²) in [5, 5.41) is 2.31. The average molecular weight is 331 g/mol. The van der Waals surface area contributed by atoms with Crippen LogP contribution in [0.2, 0.25) is 0 Å². The molecule has 0 fully saturated rings. The zero-order valence-electron chi connectivity index (χ0n) is 14.7. The number of rotatable bonds is 5. The average Bonchev–Trinajstić information content (AvgIpc) is 2.90. The van der Waals surface area contributed by atoms with E-state index >= 15 is 0 Å². The fourth-order valence-corrected chi connectivity index (χ4v) is 3.11. The van der Waals surface area contributed by atoms with Gasteiger partial charge in [0.05, 0.1) is 0 Å². The molecule has 0 amide bonds. The van der Waals surface area contributed by atoms with Gasteiger partial charge in [0.1, 0.15) is 0 Å². The molecule has 126 valence electrons. The van der Waals surface area contributed by atoms with E-state index in [0.717, 1.165) is 28.4 Å². The van der Waals surface area contributed by atoms with Crippen molar-refractivity contribution >= 4 is 45.5 Å². The summed E-state index contributed by atoms with van der Waals surface area (Å²) in [5.74, 6) is 0.0699. The zero-order valence-corrected chi connectivity index (χ0v) is 14.7. The maximum atomic E-state index is 11.2. The van der Waals surface area contributed by atoms with E-state index in [0.29, 0.717) is 0 Å². The molecule has 25 heavy (non-hydrogen) atoms. The topological polar surface area (TPSA) is 39.1 Å². The van der Waals surface area contributed by atoms with Gasteiger partial charge in [0, 0.05) is 28.4 Å². The number of benzene rings is 2. The van der Waals surface area contributed by atoms with Crippen molar-refractivity contribution in [2.45, 2.75) is 27.3 Å². The molecule has 0 spiro atoms. The largest absolute Gasteiger partial charge is 0.341 e. The van der Waals surface area contributed by atoms with Crippen molar-refractivity contribution in [1.82, 2.24) is 4.57 Å². The molecule has 0 radical (unpaired) electrons. The van der Waals surface area contributed by atoms with Gasteiger partial charge in [0.25, 0.3) is 0 Å². The molecule has 0 aliphatic rings. The minimum absolute atomic E-state index is 0.0349. The number of nitrogens with zero attached hydrogens (tertiary/aromatic N) is 1. The molecule has 1 aromatic heterocycles. The summed E-state index contributed by atoms with van der Waals surface area (Å²) in [4.78, 5) is 22.4. The highest BCUT2D eigenvalue weighted by Crippen LogP contribution is 2.31. The third-order valence-corrected chi connectivity index (χ3v) is 4.25. The number of aromatic nitrogens is 1. The quantitative estimate of drug-likeness (QED) is 0.616. The number of ketones is 2. The lowest BCUT2D eigenvalue weighted by Crippen LogP contribution is -1.92. The van der Waals surface area contributed by atoms with Crippen molar-refractivity contribution in [1.29, 1.82) is 0 Å². The first-order chi connectivity index (χ1) is 12.0. The Kier molecular flexibility index (Phi) is 4.66. The Hall–Kier alpha value is -2.94. The molecule has 0 atom stereocenters. The molecular weight excluding hydrogens is 310 g/mol. The fraction of sp³-hybridized carbons (Fsp3) is 0.182. The Labute approximate surface area is 147 Å². The van der Waals surface area contributed by atoms with Crippen molar-refractivity contribution in [3.8, 4) is 0 Å². The van der Waals surface area contributed by atoms with Crippen molar-refractivity contribution < 1.29 is 9.59 Å². The molecule has 0 N–H and O–H groups in total. The Morgan fingerprint density at radius 3 is 1.64 bits per heavy atom. The lowest BCUT2D eigenvalue weighted by molar-refractivity contribution is -0.113. The first-order valence-electron chi connectivity index (χ1n) is 8.43. The second kappa shape index (κ2) is 6.89. The second-order valence-corrected chi connectivity index (χ2v) is 6.19. The van der Waals surface area contributed by atoms with Crippen LogP contribution in [0.4, 0.5) is 0 Å². The van der Waals surface area contributed by atoms with E-state index in [1.807, 2.05) is 24.3 Å². The fourth-order valence-electron chi connectivity index (χ4n) is 3.11. The van der Waals surface area contributed by atoms with Gasteiger partial charge < -0.3 is 4.57 Å². The Bertz CT molecular complexity index is 954. The summed E-state index contributed by atoms with van der Waals surface area (Å²) in [6, 6.07) is 12.5. The Morgan fingerprint density at radius 2 is 1.28 bits per heavy atom. The van der Waals surface area contributed by atoms with E-state index in [2.05, 4.69) is 35.8 Å². The molecule has 0 bridgehead atoms. The monoisotopic (exact) mass is 331 g/mol. The molecule has 3 heteroatoms. The van der Waals surface area contributed by atoms with Crippen LogP contribution in [0.3, 0.4) is 0 Å². The number of aryl methyl sites for hydroxylation is 1. The highest BCUT2D eigenvalue weighted by atomic mass is 16.1. The van der Waals surface area contributed by atoms with Crippen LogP contribution in [0.25, 0.3) is 34.0 Å². The molecule has 0 saturated carbocycles. The highest BCUT2D eigenvalue weighted by Gasteiger charge is 2.10. The number of carbonyl (C=O) groups excluding carboxylic acids is 2. The number of carbonyl (C=O) groups is 2. The van der Waals surface area contributed by atoms with Crippen LogP contribution in [0, 0.1) is 0 Å². The molecule has 2 aromatic carbocycles. The maximum Gasteiger partial charge on any atom is 0.152 e. The van der Waals surface area contributed by atoms with E-state index in [1.54, 1.807) is 26.0 Å². The summed E-state index contributed by atoms with van der Waals surface area (Å²) in [5.41, 5.74) is 4.35. The van der Waals surface area contributed by atoms with Gasteiger partial charge in [0.15, 0.2) is 11.6 Å². The van der Waals surface area contributed by atoms with Crippen LogP contribution >= 0.6 is 0 Å². The second-order valence-electron chi connectivity index (χ2n) is 6.19. The van der Waals surface area contributed by atoms with E-state index in [9.17, 15) is 9.59 Å². The number of allylic oxidation sites excluding steroid dienone is 2. The molecule has 3 nitrogen and oxygen atoms in total. The minimum atomic E-state index is 0.0349. The third kappa shape index (κ3) is 3.45. The molecule has 0 aliphatic carbocycles. The van der Waals surface area contributed by atoms with Gasteiger partial charge >= 0.3 is 0 Å². The zero-order chi connectivity index (χ0) is 18.0. The van der Waals surface area contributed by atoms with Gasteiger partial charge in [-0.05, 0) is 68.3 Å². The molecule has 0 aliphatic heterocycles. The van der Waals surface area contributed by atoms with E-state index in [4.69, 9.17) is 0 Å². The minimum Gasteiger partial charge on any atom is -0.341 e. The lowest BCUT2D eigenvalue weighted by atomic mass is 10.1. The smallest absolute Gasteiger partial charge is 0.152 e. The SMILES string of the molecule is CCn1c2ccc(/C=C/C(C)=O)cc2c2cc(/C=C/C(C)=O)ccc21. The van der Waals surface area contributed by atoms with E-state index in [1.165, 1.54) is 11.0 Å². The van der Waals surface area contributed by atoms with Gasteiger partial charge in [-0.15, -0.1) is 0 Å². The lowest BCUT2D eigenvalue weighted by Gasteiger charge is -2.03. The summed E-state index contributed by atoms with van der Waals surface area (Å²) in [7, 11) is 0. The van der Waals surface area contributed by atoms with Gasteiger partial charge in [-0.2, -0.15) is 0 Å². The summed E-state index contributed by atoms with van der Waals surface area (Å²) < 4.78 is 2.28. The van der Waals surface area contributed by atoms with E-state index in [-0.39, 0.29) is 11.6 Å². The summed E-state index contributed by atoms with van der Waals surface area (Å²) in [6.45, 7) is 6.11. The van der Waals surface area contributed by atoms with Crippen molar-refractivity contribution in [3.05, 3.63) is 59.7 Å². The number of hydrogen-bond acceptors (Lipinski definition) is 2. The molecular formula is C22H21NO2. The van der Waals surface area contributed by atoms with Crippen LogP contribution in [0.15, 0.2) is 48.6 Å². The summed E-state index contributed by atoms with van der Waals surface area (Å²) in [6.07, 6.45) is 6.86. The predicted molar refractivity (Wildman–Crippen MR) is 105 cm³/mol. The third-order valence-electron chi connectivity index (χ3n) is 4.25. The maximum absolute atomic E-state index is 11.2. The predicted octanol–water partition coefficient (Wildman–Crippen LogP) is 5.02. The van der Waals surface area contributed by atoms with Crippen molar-refractivity contribution in [2.75, 3.05) is 0 Å². The Morgan fingerprint density at radius 1 is 0.840 bits per heavy atom. The van der Waals surface area contributed by atoms with Crippen LogP contribution < -0.4 is 0 Å². The van der Waals surface area contributed by atoms with Gasteiger partial charge in [-0.25, -0.2) is 0 Å². The van der Waals surface area contributed by atoms with Crippen molar-refractivity contribution in [3.63, 3.8) is 0 Å². The molecule has 0 unspecified atom stereocenters. The standard InChI is InChI=1S/C22H21NO2/c1-4-23-21-11-9-17(7-5-15(2)24)13-19(21)20-14-18(8-6-16(3)25)10-12-22(20)23/h5-14H,4H2,1-3H3/b7-5+,8-6+. The van der Waals surface area contributed by atoms with Crippen LogP contribution in [0.1, 0.15) is 31.9 Å². The van der Waals surface area contributed by atoms with Crippen LogP contribution in [-0.2, 0) is 16.1 Å². The summed E-state index contributed by atoms with van der Waals surface area (Å²) >= 11 is 0. The first kappa shape index (κ1) is 16.9. The van der Waals surface area contributed by atoms with Gasteiger partial charge in [-0.1, -0.05) is 24.3 Å². The first-order valence-corrected chi connectivity index (χ1v) is 8.43. The number of fused-ring (bicyclic) bond motifs is 3. The van der Waals surface area contributed by atoms with Crippen LogP contribution in [-0.4, -0.2) is 16.1 Å². The Balaban J connectivity index is 2.23. The molecule has 0 saturated heterocycles. The van der Waals surface area contributed by atoms with Gasteiger partial charge in [0.2, 0.25) is 0 Å². The van der Waals surface area contributed by atoms with Crippen molar-refractivity contribution in [2.24, 2.45) is 0 Å². The van der Waals surface area contributed by atoms with Crippen LogP contribution in [0.5, 0.6) is 0 Å².